The number of ether oxygens (including phenoxy) is 2. The van der Waals surface area contributed by atoms with E-state index in [9.17, 15) is 4.79 Å². The van der Waals surface area contributed by atoms with E-state index in [1.54, 1.807) is 26.8 Å². The largest absolute Gasteiger partial charge is 0.514 e. The van der Waals surface area contributed by atoms with E-state index in [0.717, 1.165) is 58.5 Å². The number of para-hydroxylation sites is 1. The second kappa shape index (κ2) is 11.6. The van der Waals surface area contributed by atoms with Crippen LogP contribution < -0.4 is 15.8 Å². The van der Waals surface area contributed by atoms with Gasteiger partial charge in [-0.15, -0.1) is 0 Å². The molecule has 0 unspecified atom stereocenters. The maximum atomic E-state index is 12.3. The Morgan fingerprint density at radius 3 is 2.50 bits per heavy atom. The van der Waals surface area contributed by atoms with E-state index in [0.29, 0.717) is 12.3 Å². The van der Waals surface area contributed by atoms with Crippen LogP contribution in [0.1, 0.15) is 51.9 Å². The Labute approximate surface area is 229 Å². The van der Waals surface area contributed by atoms with E-state index in [1.165, 1.54) is 0 Å². The standard InChI is InChI=1S/C30H34N4O3S/c1-5-6-11-27-33-24-17-16-22(32-28(31)38)18-25(24)34(27)19-20-12-14-21(15-13-20)23-9-7-8-10-26(23)36-29(35)37-30(2,3)4/h7-10,12-18H,5-6,11,19H2,1-4H3,(H3,31,32,38). The first-order valence-electron chi connectivity index (χ1n) is 12.8. The van der Waals surface area contributed by atoms with Crippen molar-refractivity contribution in [3.05, 3.63) is 78.1 Å². The predicted octanol–water partition coefficient (Wildman–Crippen LogP) is 7.06. The zero-order valence-corrected chi connectivity index (χ0v) is 23.1. The van der Waals surface area contributed by atoms with Crippen LogP contribution in [0.25, 0.3) is 22.2 Å². The molecule has 1 heterocycles. The molecule has 3 N–H and O–H groups in total. The summed E-state index contributed by atoms with van der Waals surface area (Å²) in [6.07, 6.45) is 2.33. The molecule has 0 aliphatic rings. The average Bonchev–Trinajstić information content (AvgIpc) is 3.18. The first-order valence-corrected chi connectivity index (χ1v) is 13.2. The van der Waals surface area contributed by atoms with Crippen molar-refractivity contribution < 1.29 is 14.3 Å². The van der Waals surface area contributed by atoms with Crippen LogP contribution in [0.2, 0.25) is 0 Å². The second-order valence-corrected chi connectivity index (χ2v) is 10.6. The lowest BCUT2D eigenvalue weighted by Gasteiger charge is -2.19. The molecule has 0 amide bonds. The maximum Gasteiger partial charge on any atom is 0.514 e. The van der Waals surface area contributed by atoms with Crippen molar-refractivity contribution in [3.8, 4) is 16.9 Å². The number of carbonyl (C=O) groups is 1. The van der Waals surface area contributed by atoms with Crippen molar-refractivity contribution in [1.29, 1.82) is 0 Å². The van der Waals surface area contributed by atoms with Crippen LogP contribution >= 0.6 is 12.2 Å². The Morgan fingerprint density at radius 2 is 1.82 bits per heavy atom. The lowest BCUT2D eigenvalue weighted by Crippen LogP contribution is -2.26. The summed E-state index contributed by atoms with van der Waals surface area (Å²) in [4.78, 5) is 17.2. The highest BCUT2D eigenvalue weighted by Crippen LogP contribution is 2.31. The van der Waals surface area contributed by atoms with E-state index in [1.807, 2.05) is 48.5 Å². The molecule has 0 radical (unpaired) electrons. The molecule has 38 heavy (non-hydrogen) atoms. The third-order valence-corrected chi connectivity index (χ3v) is 6.03. The number of nitrogens with zero attached hydrogens (tertiary/aromatic N) is 2. The molecule has 0 saturated carbocycles. The second-order valence-electron chi connectivity index (χ2n) is 10.2. The van der Waals surface area contributed by atoms with Crippen LogP contribution in [0.15, 0.2) is 66.7 Å². The molecule has 3 aromatic carbocycles. The van der Waals surface area contributed by atoms with E-state index in [2.05, 4.69) is 28.9 Å². The Bertz CT molecular complexity index is 1440. The lowest BCUT2D eigenvalue weighted by atomic mass is 10.0. The molecular weight excluding hydrogens is 496 g/mol. The number of carbonyl (C=O) groups excluding carboxylic acids is 1. The van der Waals surface area contributed by atoms with Crippen LogP contribution in [0.4, 0.5) is 10.5 Å². The van der Waals surface area contributed by atoms with Crippen molar-refractivity contribution in [2.24, 2.45) is 5.73 Å². The number of hydrogen-bond acceptors (Lipinski definition) is 5. The van der Waals surface area contributed by atoms with Gasteiger partial charge in [-0.1, -0.05) is 55.8 Å². The number of rotatable bonds is 8. The number of imidazole rings is 1. The van der Waals surface area contributed by atoms with Crippen molar-refractivity contribution in [2.45, 2.75) is 59.1 Å². The molecule has 0 aliphatic heterocycles. The van der Waals surface area contributed by atoms with E-state index >= 15 is 0 Å². The van der Waals surface area contributed by atoms with Crippen LogP contribution in [0.3, 0.4) is 0 Å². The minimum absolute atomic E-state index is 0.230. The van der Waals surface area contributed by atoms with Gasteiger partial charge in [0.15, 0.2) is 5.11 Å². The molecule has 8 heteroatoms. The Hall–Kier alpha value is -3.91. The van der Waals surface area contributed by atoms with Crippen molar-refractivity contribution in [2.75, 3.05) is 5.32 Å². The number of hydrogen-bond donors (Lipinski definition) is 2. The molecule has 0 bridgehead atoms. The minimum atomic E-state index is -0.725. The highest BCUT2D eigenvalue weighted by molar-refractivity contribution is 7.80. The van der Waals surface area contributed by atoms with E-state index in [4.69, 9.17) is 32.4 Å². The Morgan fingerprint density at radius 1 is 1.08 bits per heavy atom. The number of anilines is 1. The van der Waals surface area contributed by atoms with Crippen LogP contribution in [-0.2, 0) is 17.7 Å². The molecule has 0 fully saturated rings. The fourth-order valence-corrected chi connectivity index (χ4v) is 4.34. The molecule has 0 aliphatic carbocycles. The topological polar surface area (TPSA) is 91.4 Å². The molecule has 0 spiro atoms. The summed E-state index contributed by atoms with van der Waals surface area (Å²) >= 11 is 5.02. The van der Waals surface area contributed by atoms with E-state index in [-0.39, 0.29) is 5.11 Å². The minimum Gasteiger partial charge on any atom is -0.428 e. The number of fused-ring (bicyclic) bond motifs is 1. The van der Waals surface area contributed by atoms with Gasteiger partial charge in [-0.05, 0) is 74.8 Å². The quantitative estimate of drug-likeness (QED) is 0.143. The highest BCUT2D eigenvalue weighted by Gasteiger charge is 2.19. The summed E-state index contributed by atoms with van der Waals surface area (Å²) in [6, 6.07) is 21.7. The summed E-state index contributed by atoms with van der Waals surface area (Å²) in [5.41, 5.74) is 10.7. The summed E-state index contributed by atoms with van der Waals surface area (Å²) in [5, 5.41) is 3.25. The number of benzene rings is 3. The fraction of sp³-hybridized carbons (Fsp3) is 0.300. The third kappa shape index (κ3) is 6.89. The van der Waals surface area contributed by atoms with E-state index < -0.39 is 11.8 Å². The summed E-state index contributed by atoms with van der Waals surface area (Å²) in [7, 11) is 0. The van der Waals surface area contributed by atoms with Gasteiger partial charge in [-0.25, -0.2) is 9.78 Å². The molecule has 7 nitrogen and oxygen atoms in total. The Balaban J connectivity index is 1.61. The van der Waals surface area contributed by atoms with Gasteiger partial charge in [-0.2, -0.15) is 0 Å². The summed E-state index contributed by atoms with van der Waals surface area (Å²) in [6.45, 7) is 8.27. The van der Waals surface area contributed by atoms with Crippen molar-refractivity contribution in [1.82, 2.24) is 9.55 Å². The first kappa shape index (κ1) is 27.1. The van der Waals surface area contributed by atoms with Gasteiger partial charge in [0.1, 0.15) is 17.2 Å². The molecule has 198 valence electrons. The van der Waals surface area contributed by atoms with Gasteiger partial charge >= 0.3 is 6.16 Å². The van der Waals surface area contributed by atoms with Crippen molar-refractivity contribution >= 4 is 40.2 Å². The Kier molecular flexibility index (Phi) is 8.32. The average molecular weight is 531 g/mol. The zero-order chi connectivity index (χ0) is 27.3. The van der Waals surface area contributed by atoms with Crippen molar-refractivity contribution in [3.63, 3.8) is 0 Å². The number of aryl methyl sites for hydroxylation is 1. The van der Waals surface area contributed by atoms with Gasteiger partial charge in [0.05, 0.1) is 11.0 Å². The smallest absolute Gasteiger partial charge is 0.428 e. The van der Waals surface area contributed by atoms with Gasteiger partial charge < -0.3 is 25.1 Å². The number of aromatic nitrogens is 2. The van der Waals surface area contributed by atoms with Gasteiger partial charge in [0.2, 0.25) is 0 Å². The predicted molar refractivity (Wildman–Crippen MR) is 157 cm³/mol. The van der Waals surface area contributed by atoms with Crippen LogP contribution in [-0.4, -0.2) is 26.4 Å². The number of unbranched alkanes of at least 4 members (excludes halogenated alkanes) is 1. The maximum absolute atomic E-state index is 12.3. The first-order chi connectivity index (χ1) is 18.1. The van der Waals surface area contributed by atoms with Gasteiger partial charge in [0.25, 0.3) is 0 Å². The zero-order valence-electron chi connectivity index (χ0n) is 22.3. The molecular formula is C30H34N4O3S. The number of nitrogens with two attached hydrogens (primary N) is 1. The SMILES string of the molecule is CCCCc1nc2ccc(NC(N)=S)cc2n1Cc1ccc(-c2ccccc2OC(=O)OC(C)(C)C)cc1. The monoisotopic (exact) mass is 530 g/mol. The number of thiocarbonyl (C=S) groups is 1. The van der Waals surface area contributed by atoms with Crippen LogP contribution in [0, 0.1) is 0 Å². The number of nitrogens with one attached hydrogen (secondary N) is 1. The summed E-state index contributed by atoms with van der Waals surface area (Å²) in [5.74, 6) is 1.50. The third-order valence-electron chi connectivity index (χ3n) is 5.92. The normalized spacial score (nSPS) is 11.4. The molecule has 0 atom stereocenters. The molecule has 4 rings (SSSR count). The molecule has 4 aromatic rings. The molecule has 0 saturated heterocycles. The molecule has 1 aromatic heterocycles. The highest BCUT2D eigenvalue weighted by atomic mass is 32.1. The fourth-order valence-electron chi connectivity index (χ4n) is 4.22. The van der Waals surface area contributed by atoms with Gasteiger partial charge in [-0.3, -0.25) is 0 Å². The summed E-state index contributed by atoms with van der Waals surface area (Å²) < 4.78 is 13.1. The van der Waals surface area contributed by atoms with Crippen LogP contribution in [0.5, 0.6) is 5.75 Å². The lowest BCUT2D eigenvalue weighted by molar-refractivity contribution is 0.0207. The van der Waals surface area contributed by atoms with Gasteiger partial charge in [0, 0.05) is 24.2 Å².